The summed E-state index contributed by atoms with van der Waals surface area (Å²) in [5.74, 6) is -1.59. The molecule has 7 rings (SSSR count). The van der Waals surface area contributed by atoms with Crippen molar-refractivity contribution in [2.75, 3.05) is 11.9 Å². The van der Waals surface area contributed by atoms with E-state index in [1.807, 2.05) is 47.9 Å². The zero-order chi connectivity index (χ0) is 35.1. The molecule has 4 fully saturated rings. The summed E-state index contributed by atoms with van der Waals surface area (Å²) in [4.78, 5) is 53.2. The third-order valence-corrected chi connectivity index (χ3v) is 13.3. The van der Waals surface area contributed by atoms with Crippen molar-refractivity contribution in [2.24, 2.45) is 5.92 Å². The van der Waals surface area contributed by atoms with Crippen LogP contribution in [0.1, 0.15) is 84.5 Å². The van der Waals surface area contributed by atoms with Gasteiger partial charge >= 0.3 is 0 Å². The largest absolute Gasteiger partial charge is 0.459 e. The molecule has 0 spiro atoms. The summed E-state index contributed by atoms with van der Waals surface area (Å²) in [6.07, 6.45) is 10.2. The summed E-state index contributed by atoms with van der Waals surface area (Å²) in [5.41, 5.74) is 1.01. The Hall–Kier alpha value is -4.20. The Bertz CT molecular complexity index is 1860. The Kier molecular flexibility index (Phi) is 9.25. The van der Waals surface area contributed by atoms with Gasteiger partial charge in [-0.2, -0.15) is 4.98 Å². The van der Waals surface area contributed by atoms with E-state index in [0.29, 0.717) is 44.7 Å². The van der Waals surface area contributed by atoms with Gasteiger partial charge in [-0.05, 0) is 70.1 Å². The topological polar surface area (TPSA) is 165 Å². The number of aryl methyl sites for hydroxylation is 1. The van der Waals surface area contributed by atoms with E-state index in [1.165, 1.54) is 0 Å². The van der Waals surface area contributed by atoms with Crippen molar-refractivity contribution in [1.82, 2.24) is 29.5 Å². The van der Waals surface area contributed by atoms with Crippen LogP contribution in [0.5, 0.6) is 6.01 Å². The van der Waals surface area contributed by atoms with Gasteiger partial charge < -0.3 is 20.3 Å². The number of para-hydroxylation sites is 1. The maximum absolute atomic E-state index is 14.5. The monoisotopic (exact) mass is 705 g/mol. The summed E-state index contributed by atoms with van der Waals surface area (Å²) in [5, 5.41) is 6.42. The molecule has 2 aliphatic carbocycles. The number of carbonyl (C=O) groups is 3. The summed E-state index contributed by atoms with van der Waals surface area (Å²) in [6.45, 7) is 4.34. The highest BCUT2D eigenvalue weighted by atomic mass is 32.2. The van der Waals surface area contributed by atoms with Crippen molar-refractivity contribution in [3.05, 3.63) is 48.8 Å². The summed E-state index contributed by atoms with van der Waals surface area (Å²) in [7, 11) is -3.91. The zero-order valence-electron chi connectivity index (χ0n) is 28.8. The minimum atomic E-state index is -3.91. The van der Waals surface area contributed by atoms with Gasteiger partial charge in [-0.25, -0.2) is 8.42 Å². The van der Waals surface area contributed by atoms with Crippen molar-refractivity contribution < 1.29 is 27.5 Å². The second-order valence-corrected chi connectivity index (χ2v) is 16.8. The molecule has 4 heterocycles. The average Bonchev–Trinajstić information content (AvgIpc) is 3.93. The van der Waals surface area contributed by atoms with Gasteiger partial charge in [0.25, 0.3) is 11.9 Å². The molecule has 2 aliphatic heterocycles. The molecule has 3 amide bonds. The number of nitrogens with zero attached hydrogens (tertiary/aromatic N) is 4. The predicted octanol–water partition coefficient (Wildman–Crippen LogP) is 3.90. The van der Waals surface area contributed by atoms with E-state index < -0.39 is 50.3 Å². The number of hydrogen-bond acceptors (Lipinski definition) is 9. The lowest BCUT2D eigenvalue weighted by Crippen LogP contribution is -2.58. The molecule has 3 aromatic rings. The molecular weight excluding hydrogens is 659 g/mol. The highest BCUT2D eigenvalue weighted by molar-refractivity contribution is 7.91. The minimum absolute atomic E-state index is 0.143. The molecule has 0 bridgehead atoms. The SMILES string of the molecule is CCn1c(O[C@@H]2C[C@H]3C(=O)N[C@]4(C(=O)NS(=O)(=O)C5(C)CC5)C[C@H]4CCCCCCC[C@H](Nc4ccccc4)C(=O)N3C2)nc2ccncc21. The number of aromatic nitrogens is 3. The van der Waals surface area contributed by atoms with Crippen LogP contribution in [0.15, 0.2) is 48.8 Å². The fourth-order valence-electron chi connectivity index (χ4n) is 7.58. The van der Waals surface area contributed by atoms with E-state index in [9.17, 15) is 22.8 Å². The molecule has 0 radical (unpaired) electrons. The number of carbonyl (C=O) groups excluding carboxylic acids is 3. The number of hydrogen-bond donors (Lipinski definition) is 3. The lowest BCUT2D eigenvalue weighted by Gasteiger charge is -2.30. The maximum atomic E-state index is 14.5. The fraction of sp³-hybridized carbons (Fsp3) is 0.583. The first-order chi connectivity index (χ1) is 24.0. The summed E-state index contributed by atoms with van der Waals surface area (Å²) >= 11 is 0. The van der Waals surface area contributed by atoms with Gasteiger partial charge in [0, 0.05) is 24.8 Å². The van der Waals surface area contributed by atoms with E-state index in [1.54, 1.807) is 24.2 Å². The van der Waals surface area contributed by atoms with Gasteiger partial charge in [0.15, 0.2) is 0 Å². The van der Waals surface area contributed by atoms with Crippen LogP contribution in [0.2, 0.25) is 0 Å². The summed E-state index contributed by atoms with van der Waals surface area (Å²) < 4.78 is 36.0. The average molecular weight is 706 g/mol. The predicted molar refractivity (Wildman–Crippen MR) is 188 cm³/mol. The van der Waals surface area contributed by atoms with Crippen LogP contribution in [-0.4, -0.2) is 80.6 Å². The van der Waals surface area contributed by atoms with Crippen molar-refractivity contribution in [3.63, 3.8) is 0 Å². The van der Waals surface area contributed by atoms with Crippen LogP contribution in [0.4, 0.5) is 5.69 Å². The molecule has 5 atom stereocenters. The number of benzene rings is 1. The van der Waals surface area contributed by atoms with E-state index in [0.717, 1.165) is 48.8 Å². The van der Waals surface area contributed by atoms with Gasteiger partial charge in [0.2, 0.25) is 21.8 Å². The first-order valence-electron chi connectivity index (χ1n) is 18.0. The molecule has 268 valence electrons. The molecule has 1 aromatic carbocycles. The number of amides is 3. The van der Waals surface area contributed by atoms with Crippen LogP contribution in [0.25, 0.3) is 11.0 Å². The number of sulfonamides is 1. The lowest BCUT2D eigenvalue weighted by molar-refractivity contribution is -0.140. The number of pyridine rings is 1. The Labute approximate surface area is 293 Å². The van der Waals surface area contributed by atoms with Gasteiger partial charge in [0.1, 0.15) is 23.7 Å². The van der Waals surface area contributed by atoms with Gasteiger partial charge in [-0.15, -0.1) is 0 Å². The Morgan fingerprint density at radius 3 is 2.54 bits per heavy atom. The molecule has 2 saturated heterocycles. The minimum Gasteiger partial charge on any atom is -0.459 e. The number of fused-ring (bicyclic) bond motifs is 3. The van der Waals surface area contributed by atoms with Gasteiger partial charge in [-0.1, -0.05) is 50.3 Å². The van der Waals surface area contributed by atoms with Crippen molar-refractivity contribution >= 4 is 44.5 Å². The second-order valence-electron chi connectivity index (χ2n) is 14.6. The van der Waals surface area contributed by atoms with Crippen LogP contribution in [-0.2, 0) is 31.0 Å². The molecular formula is C36H47N7O6S. The first kappa shape index (κ1) is 34.3. The third kappa shape index (κ3) is 6.66. The highest BCUT2D eigenvalue weighted by Crippen LogP contribution is 2.49. The standard InChI is InChI=1S/C36H47N7O6S/c1-3-42-30-22-37-19-16-27(30)39-34(42)49-26-20-29-31(44)40-36(33(46)41-50(47,48)35(2)17-18-35)21-24(36)12-8-5-4-6-11-15-28(32(45)43(29)23-26)38-25-13-9-7-10-14-25/h7,9-10,13-14,16,19,22,24,26,28-29,38H,3-6,8,11-12,15,17-18,20-21,23H2,1-2H3,(H,40,44)(H,41,46)/t24-,26-,28+,29+,36-/m1/s1. The maximum Gasteiger partial charge on any atom is 0.297 e. The van der Waals surface area contributed by atoms with Crippen molar-refractivity contribution in [1.29, 1.82) is 0 Å². The molecule has 14 heteroatoms. The molecule has 3 N–H and O–H groups in total. The quantitative estimate of drug-likeness (QED) is 0.315. The zero-order valence-corrected chi connectivity index (χ0v) is 29.6. The first-order valence-corrected chi connectivity index (χ1v) is 19.5. The fourth-order valence-corrected chi connectivity index (χ4v) is 8.89. The van der Waals surface area contributed by atoms with Crippen molar-refractivity contribution in [3.8, 4) is 6.01 Å². The molecule has 4 aliphatic rings. The summed E-state index contributed by atoms with van der Waals surface area (Å²) in [6, 6.07) is 10.2. The molecule has 13 nitrogen and oxygen atoms in total. The number of ether oxygens (including phenoxy) is 1. The molecule has 0 unspecified atom stereocenters. The molecule has 2 aromatic heterocycles. The normalized spacial score (nSPS) is 28.4. The number of anilines is 1. The van der Waals surface area contributed by atoms with E-state index >= 15 is 0 Å². The van der Waals surface area contributed by atoms with Crippen LogP contribution in [0.3, 0.4) is 0 Å². The van der Waals surface area contributed by atoms with Gasteiger partial charge in [-0.3, -0.25) is 28.7 Å². The van der Waals surface area contributed by atoms with Crippen molar-refractivity contribution in [2.45, 2.75) is 119 Å². The number of imidazole rings is 1. The number of nitrogens with one attached hydrogen (secondary N) is 3. The Morgan fingerprint density at radius 1 is 1.06 bits per heavy atom. The van der Waals surface area contributed by atoms with Gasteiger partial charge in [0.05, 0.1) is 28.5 Å². The van der Waals surface area contributed by atoms with E-state index in [2.05, 4.69) is 25.3 Å². The van der Waals surface area contributed by atoms with Crippen LogP contribution < -0.4 is 20.1 Å². The van der Waals surface area contributed by atoms with Crippen LogP contribution >= 0.6 is 0 Å². The molecule has 50 heavy (non-hydrogen) atoms. The van der Waals surface area contributed by atoms with Crippen LogP contribution in [0, 0.1) is 5.92 Å². The molecule has 2 saturated carbocycles. The van der Waals surface area contributed by atoms with E-state index in [4.69, 9.17) is 4.74 Å². The third-order valence-electron chi connectivity index (χ3n) is 11.1. The van der Waals surface area contributed by atoms with E-state index in [-0.39, 0.29) is 24.8 Å². The number of rotatable bonds is 8. The Balaban J connectivity index is 1.19. The lowest BCUT2D eigenvalue weighted by atomic mass is 10.0. The second kappa shape index (κ2) is 13.5. The Morgan fingerprint density at radius 2 is 1.80 bits per heavy atom. The smallest absolute Gasteiger partial charge is 0.297 e. The highest BCUT2D eigenvalue weighted by Gasteiger charge is 2.63.